The van der Waals surface area contributed by atoms with Crippen molar-refractivity contribution in [3.63, 3.8) is 0 Å². The summed E-state index contributed by atoms with van der Waals surface area (Å²) in [7, 11) is 0. The third kappa shape index (κ3) is 4.37. The Hall–Kier alpha value is -3.60. The molecule has 1 aliphatic rings. The number of Topliss-reactive ketones (excluding diaryl/α,β-unsaturated/α-hetero) is 1. The van der Waals surface area contributed by atoms with Crippen LogP contribution in [0.1, 0.15) is 48.1 Å². The van der Waals surface area contributed by atoms with Gasteiger partial charge in [0.1, 0.15) is 18.1 Å². The molecule has 0 bridgehead atoms. The van der Waals surface area contributed by atoms with E-state index in [0.29, 0.717) is 23.8 Å². The highest BCUT2D eigenvalue weighted by molar-refractivity contribution is 6.46. The van der Waals surface area contributed by atoms with Crippen molar-refractivity contribution in [2.75, 3.05) is 13.2 Å². The van der Waals surface area contributed by atoms with Crippen LogP contribution in [0.3, 0.4) is 0 Å². The van der Waals surface area contributed by atoms with Crippen molar-refractivity contribution in [1.29, 1.82) is 0 Å². The number of aryl methyl sites for hydroxylation is 1. The van der Waals surface area contributed by atoms with Gasteiger partial charge in [0.2, 0.25) is 0 Å². The number of aliphatic hydroxyl groups is 1. The van der Waals surface area contributed by atoms with Crippen LogP contribution in [0.2, 0.25) is 0 Å². The van der Waals surface area contributed by atoms with E-state index >= 15 is 0 Å². The predicted molar refractivity (Wildman–Crippen MR) is 127 cm³/mol. The molecule has 0 aliphatic carbocycles. The van der Waals surface area contributed by atoms with Crippen molar-refractivity contribution in [3.05, 3.63) is 95.6 Å². The van der Waals surface area contributed by atoms with Crippen LogP contribution in [0.4, 0.5) is 0 Å². The van der Waals surface area contributed by atoms with E-state index in [0.717, 1.165) is 16.7 Å². The quantitative estimate of drug-likeness (QED) is 0.267. The Balaban J connectivity index is 2.13. The van der Waals surface area contributed by atoms with Gasteiger partial charge >= 0.3 is 0 Å². The van der Waals surface area contributed by atoms with Crippen LogP contribution >= 0.6 is 0 Å². The highest BCUT2D eigenvalue weighted by atomic mass is 16.5. The molecule has 1 fully saturated rings. The topological polar surface area (TPSA) is 66.8 Å². The first-order valence-corrected chi connectivity index (χ1v) is 10.6. The lowest BCUT2D eigenvalue weighted by Gasteiger charge is -2.24. The lowest BCUT2D eigenvalue weighted by Crippen LogP contribution is -2.29. The molecule has 166 valence electrons. The molecule has 1 unspecified atom stereocenters. The molecule has 2 aromatic rings. The number of ketones is 1. The van der Waals surface area contributed by atoms with Gasteiger partial charge in [-0.1, -0.05) is 56.8 Å². The zero-order valence-corrected chi connectivity index (χ0v) is 18.8. The molecule has 1 heterocycles. The number of carbonyl (C=O) groups excluding carboxylic acids is 2. The van der Waals surface area contributed by atoms with E-state index in [9.17, 15) is 14.7 Å². The first-order chi connectivity index (χ1) is 15.3. The third-order valence-electron chi connectivity index (χ3n) is 5.61. The summed E-state index contributed by atoms with van der Waals surface area (Å²) in [4.78, 5) is 27.3. The van der Waals surface area contributed by atoms with Gasteiger partial charge in [-0.05, 0) is 47.7 Å². The summed E-state index contributed by atoms with van der Waals surface area (Å²) in [6.07, 6.45) is 3.23. The Morgan fingerprint density at radius 2 is 1.81 bits per heavy atom. The lowest BCUT2D eigenvalue weighted by molar-refractivity contribution is -0.139. The van der Waals surface area contributed by atoms with Crippen LogP contribution in [0, 0.1) is 6.92 Å². The Morgan fingerprint density at radius 3 is 2.38 bits per heavy atom. The fourth-order valence-electron chi connectivity index (χ4n) is 3.91. The molecule has 0 spiro atoms. The van der Waals surface area contributed by atoms with Crippen LogP contribution in [-0.2, 0) is 9.59 Å². The molecule has 0 radical (unpaired) electrons. The molecule has 5 heteroatoms. The maximum atomic E-state index is 13.0. The van der Waals surface area contributed by atoms with Crippen LogP contribution in [-0.4, -0.2) is 34.8 Å². The smallest absolute Gasteiger partial charge is 0.295 e. The van der Waals surface area contributed by atoms with Crippen LogP contribution in [0.5, 0.6) is 5.75 Å². The SMILES string of the molecule is C=CCOc1ccc(/C(O)=C2/C(=O)C(=O)N(CC=C)C2c2ccc(C(C)C)cc2)c(C)c1. The van der Waals surface area contributed by atoms with E-state index in [1.165, 1.54) is 4.90 Å². The number of rotatable bonds is 8. The Bertz CT molecular complexity index is 1080. The highest BCUT2D eigenvalue weighted by Crippen LogP contribution is 2.40. The number of hydrogen-bond acceptors (Lipinski definition) is 4. The number of likely N-dealkylation sites (tertiary alicyclic amines) is 1. The fraction of sp³-hybridized carbons (Fsp3) is 0.259. The van der Waals surface area contributed by atoms with Crippen LogP contribution in [0.25, 0.3) is 5.76 Å². The number of aliphatic hydroxyl groups excluding tert-OH is 1. The Labute approximate surface area is 189 Å². The molecule has 1 N–H and O–H groups in total. The normalized spacial score (nSPS) is 17.6. The van der Waals surface area contributed by atoms with Crippen molar-refractivity contribution < 1.29 is 19.4 Å². The van der Waals surface area contributed by atoms with Gasteiger partial charge in [-0.2, -0.15) is 0 Å². The van der Waals surface area contributed by atoms with E-state index < -0.39 is 17.7 Å². The molecule has 2 aromatic carbocycles. The van der Waals surface area contributed by atoms with E-state index in [1.807, 2.05) is 31.2 Å². The van der Waals surface area contributed by atoms with Gasteiger partial charge in [-0.3, -0.25) is 9.59 Å². The van der Waals surface area contributed by atoms with Gasteiger partial charge in [0.25, 0.3) is 11.7 Å². The number of nitrogens with zero attached hydrogens (tertiary/aromatic N) is 1. The minimum atomic E-state index is -0.700. The van der Waals surface area contributed by atoms with E-state index in [4.69, 9.17) is 4.74 Å². The second kappa shape index (κ2) is 9.69. The number of benzene rings is 2. The Kier molecular flexibility index (Phi) is 6.98. The molecule has 3 rings (SSSR count). The summed E-state index contributed by atoms with van der Waals surface area (Å²) < 4.78 is 5.55. The van der Waals surface area contributed by atoms with Crippen LogP contribution < -0.4 is 4.74 Å². The molecular formula is C27H29NO4. The average Bonchev–Trinajstić information content (AvgIpc) is 3.02. The summed E-state index contributed by atoms with van der Waals surface area (Å²) in [5.41, 5.74) is 3.21. The van der Waals surface area contributed by atoms with Crippen molar-refractivity contribution in [3.8, 4) is 5.75 Å². The zero-order chi connectivity index (χ0) is 23.4. The largest absolute Gasteiger partial charge is 0.507 e. The molecular weight excluding hydrogens is 402 g/mol. The highest BCUT2D eigenvalue weighted by Gasteiger charge is 2.45. The molecule has 32 heavy (non-hydrogen) atoms. The van der Waals surface area contributed by atoms with Crippen molar-refractivity contribution in [2.45, 2.75) is 32.7 Å². The molecule has 1 amide bonds. The van der Waals surface area contributed by atoms with Gasteiger partial charge in [0.15, 0.2) is 0 Å². The molecule has 1 atom stereocenters. The number of hydrogen-bond donors (Lipinski definition) is 1. The van der Waals surface area contributed by atoms with E-state index in [2.05, 4.69) is 27.0 Å². The summed E-state index contributed by atoms with van der Waals surface area (Å²) in [5, 5.41) is 11.2. The molecule has 0 aromatic heterocycles. The van der Waals surface area contributed by atoms with Gasteiger partial charge in [-0.15, -0.1) is 6.58 Å². The molecule has 1 saturated heterocycles. The standard InChI is InChI=1S/C27H29NO4/c1-6-14-28-24(20-10-8-19(9-11-20)17(3)4)23(26(30)27(28)31)25(29)22-13-12-21(16-18(22)5)32-15-7-2/h6-13,16-17,24,29H,1-2,14-15H2,3-5H3/b25-23-. The molecule has 5 nitrogen and oxygen atoms in total. The maximum absolute atomic E-state index is 13.0. The number of carbonyl (C=O) groups is 2. The van der Waals surface area contributed by atoms with Crippen molar-refractivity contribution in [1.82, 2.24) is 4.90 Å². The minimum absolute atomic E-state index is 0.0806. The van der Waals surface area contributed by atoms with E-state index in [-0.39, 0.29) is 17.9 Å². The van der Waals surface area contributed by atoms with Crippen molar-refractivity contribution in [2.24, 2.45) is 0 Å². The van der Waals surface area contributed by atoms with E-state index in [1.54, 1.807) is 30.4 Å². The average molecular weight is 432 g/mol. The van der Waals surface area contributed by atoms with Gasteiger partial charge in [0, 0.05) is 12.1 Å². The Morgan fingerprint density at radius 1 is 1.12 bits per heavy atom. The van der Waals surface area contributed by atoms with Gasteiger partial charge in [0.05, 0.1) is 11.6 Å². The number of ether oxygens (including phenoxy) is 1. The molecule has 1 aliphatic heterocycles. The molecule has 0 saturated carbocycles. The second-order valence-corrected chi connectivity index (χ2v) is 8.14. The lowest BCUT2D eigenvalue weighted by atomic mass is 9.92. The number of amides is 1. The maximum Gasteiger partial charge on any atom is 0.295 e. The second-order valence-electron chi connectivity index (χ2n) is 8.14. The van der Waals surface area contributed by atoms with Gasteiger partial charge < -0.3 is 14.7 Å². The summed E-state index contributed by atoms with van der Waals surface area (Å²) in [6.45, 7) is 13.9. The monoisotopic (exact) mass is 431 g/mol. The predicted octanol–water partition coefficient (Wildman–Crippen LogP) is 5.29. The third-order valence-corrected chi connectivity index (χ3v) is 5.61. The van der Waals surface area contributed by atoms with Gasteiger partial charge in [-0.25, -0.2) is 0 Å². The first-order valence-electron chi connectivity index (χ1n) is 10.6. The fourth-order valence-corrected chi connectivity index (χ4v) is 3.91. The summed E-state index contributed by atoms with van der Waals surface area (Å²) >= 11 is 0. The first kappa shape index (κ1) is 23.1. The zero-order valence-electron chi connectivity index (χ0n) is 18.8. The minimum Gasteiger partial charge on any atom is -0.507 e. The summed E-state index contributed by atoms with van der Waals surface area (Å²) in [6, 6.07) is 12.3. The summed E-state index contributed by atoms with van der Waals surface area (Å²) in [5.74, 6) is -0.554. The van der Waals surface area contributed by atoms with Crippen molar-refractivity contribution >= 4 is 17.4 Å². The van der Waals surface area contributed by atoms with Crippen LogP contribution in [0.15, 0.2) is 73.3 Å².